The molecule has 5 nitrogen and oxygen atoms in total. The van der Waals surface area contributed by atoms with Gasteiger partial charge in [-0.1, -0.05) is 137 Å². The van der Waals surface area contributed by atoms with Gasteiger partial charge in [0.15, 0.2) is 6.10 Å². The molecule has 270 valence electrons. The van der Waals surface area contributed by atoms with E-state index in [9.17, 15) is 14.7 Å². The third kappa shape index (κ3) is 35.7. The lowest BCUT2D eigenvalue weighted by Gasteiger charge is -2.15. The van der Waals surface area contributed by atoms with E-state index in [0.29, 0.717) is 12.8 Å². The number of unbranched alkanes of at least 4 members (excludes halogenated alkanes) is 8. The number of carbonyl (C=O) groups excluding carboxylic acids is 2. The van der Waals surface area contributed by atoms with Gasteiger partial charge in [-0.2, -0.15) is 0 Å². The SMILES string of the molecule is CC/C=C\C/C=C\C/C=C\C/C=C\C/C=C\CCCCCC(=O)OC[C@H](CO)OC(=O)CCCCCCC/C=C\C/C=C\C/C=C\CC. The van der Waals surface area contributed by atoms with Gasteiger partial charge in [-0.25, -0.2) is 0 Å². The van der Waals surface area contributed by atoms with E-state index in [0.717, 1.165) is 116 Å². The maximum atomic E-state index is 12.1. The van der Waals surface area contributed by atoms with Gasteiger partial charge in [0, 0.05) is 12.8 Å². The predicted octanol–water partition coefficient (Wildman–Crippen LogP) is 11.7. The second kappa shape index (κ2) is 38.3. The van der Waals surface area contributed by atoms with Crippen molar-refractivity contribution in [2.24, 2.45) is 0 Å². The van der Waals surface area contributed by atoms with Crippen LogP contribution in [0.25, 0.3) is 0 Å². The Bertz CT molecular complexity index is 979. The summed E-state index contributed by atoms with van der Waals surface area (Å²) in [4.78, 5) is 24.2. The largest absolute Gasteiger partial charge is 0.462 e. The van der Waals surface area contributed by atoms with Crippen molar-refractivity contribution in [3.05, 3.63) is 97.2 Å². The zero-order valence-corrected chi connectivity index (χ0v) is 30.5. The molecule has 0 rings (SSSR count). The summed E-state index contributed by atoms with van der Waals surface area (Å²) >= 11 is 0. The average Bonchev–Trinajstić information content (AvgIpc) is 3.09. The van der Waals surface area contributed by atoms with Gasteiger partial charge in [0.2, 0.25) is 0 Å². The third-order valence-electron chi connectivity index (χ3n) is 7.37. The Labute approximate surface area is 294 Å². The quantitative estimate of drug-likeness (QED) is 0.0440. The molecular weight excluding hydrogens is 596 g/mol. The zero-order valence-electron chi connectivity index (χ0n) is 30.5. The molecule has 0 saturated heterocycles. The molecule has 0 saturated carbocycles. The number of aliphatic hydroxyl groups is 1. The van der Waals surface area contributed by atoms with E-state index in [1.54, 1.807) is 0 Å². The van der Waals surface area contributed by atoms with Crippen LogP contribution in [0.15, 0.2) is 97.2 Å². The van der Waals surface area contributed by atoms with Crippen molar-refractivity contribution in [3.8, 4) is 0 Å². The van der Waals surface area contributed by atoms with Crippen LogP contribution in [0.5, 0.6) is 0 Å². The summed E-state index contributed by atoms with van der Waals surface area (Å²) < 4.78 is 10.6. The molecule has 0 aromatic carbocycles. The summed E-state index contributed by atoms with van der Waals surface area (Å²) in [5.74, 6) is -0.660. The Kier molecular flexibility index (Phi) is 35.7. The van der Waals surface area contributed by atoms with E-state index < -0.39 is 6.10 Å². The van der Waals surface area contributed by atoms with Crippen molar-refractivity contribution in [2.45, 2.75) is 148 Å². The monoisotopic (exact) mass is 665 g/mol. The van der Waals surface area contributed by atoms with Gasteiger partial charge >= 0.3 is 11.9 Å². The number of hydrogen-bond donors (Lipinski definition) is 1. The first kappa shape index (κ1) is 44.8. The minimum absolute atomic E-state index is 0.0969. The Hall–Kier alpha value is -3.18. The van der Waals surface area contributed by atoms with E-state index in [1.807, 2.05) is 0 Å². The lowest BCUT2D eigenvalue weighted by molar-refractivity contribution is -0.161. The fourth-order valence-electron chi connectivity index (χ4n) is 4.59. The fourth-order valence-corrected chi connectivity index (χ4v) is 4.59. The molecule has 0 bridgehead atoms. The van der Waals surface area contributed by atoms with Gasteiger partial charge in [0.25, 0.3) is 0 Å². The van der Waals surface area contributed by atoms with Crippen molar-refractivity contribution in [1.82, 2.24) is 0 Å². The molecule has 0 aromatic rings. The van der Waals surface area contributed by atoms with Crippen LogP contribution in [-0.2, 0) is 19.1 Å². The van der Waals surface area contributed by atoms with Crippen LogP contribution in [0.2, 0.25) is 0 Å². The highest BCUT2D eigenvalue weighted by Crippen LogP contribution is 2.10. The van der Waals surface area contributed by atoms with Crippen molar-refractivity contribution in [1.29, 1.82) is 0 Å². The van der Waals surface area contributed by atoms with E-state index >= 15 is 0 Å². The number of ether oxygens (including phenoxy) is 2. The van der Waals surface area contributed by atoms with E-state index in [4.69, 9.17) is 9.47 Å². The number of rotatable bonds is 32. The van der Waals surface area contributed by atoms with Crippen molar-refractivity contribution < 1.29 is 24.2 Å². The Morgan fingerprint density at radius 2 is 0.833 bits per heavy atom. The lowest BCUT2D eigenvalue weighted by Crippen LogP contribution is -2.28. The average molecular weight is 665 g/mol. The minimum atomic E-state index is -0.800. The minimum Gasteiger partial charge on any atom is -0.462 e. The second-order valence-electron chi connectivity index (χ2n) is 11.9. The standard InChI is InChI=1S/C43H68O5/c1-3-5-7-9-11-13-15-17-19-20-21-22-24-25-27-29-31-33-35-37-42(45)47-40-41(39-44)48-43(46)38-36-34-32-30-28-26-23-18-16-14-12-10-8-6-4-2/h5-8,11-14,17-19,21-23,25,27,41,44H,3-4,9-10,15-16,20,24,26,28-40H2,1-2H3/b7-5-,8-6-,13-11-,14-12-,19-17-,22-21-,23-18-,27-25-/t41-/m0/s1. The van der Waals surface area contributed by atoms with Crippen LogP contribution in [0.3, 0.4) is 0 Å². The van der Waals surface area contributed by atoms with Crippen LogP contribution < -0.4 is 0 Å². The highest BCUT2D eigenvalue weighted by Gasteiger charge is 2.16. The summed E-state index contributed by atoms with van der Waals surface area (Å²) in [6.07, 6.45) is 53.2. The molecule has 0 fully saturated rings. The molecule has 0 aromatic heterocycles. The number of hydrogen-bond acceptors (Lipinski definition) is 5. The van der Waals surface area contributed by atoms with E-state index in [-0.39, 0.29) is 25.2 Å². The first-order valence-corrected chi connectivity index (χ1v) is 18.8. The van der Waals surface area contributed by atoms with Crippen LogP contribution in [-0.4, -0.2) is 36.4 Å². The molecule has 0 aliphatic heterocycles. The number of esters is 2. The van der Waals surface area contributed by atoms with E-state index in [2.05, 4.69) is 111 Å². The third-order valence-corrected chi connectivity index (χ3v) is 7.37. The van der Waals surface area contributed by atoms with Crippen molar-refractivity contribution >= 4 is 11.9 Å². The molecule has 0 unspecified atom stereocenters. The summed E-state index contributed by atoms with van der Waals surface area (Å²) in [5.41, 5.74) is 0. The Balaban J connectivity index is 3.71. The molecule has 0 radical (unpaired) electrons. The molecule has 1 N–H and O–H groups in total. The molecule has 48 heavy (non-hydrogen) atoms. The number of allylic oxidation sites excluding steroid dienone is 16. The molecule has 0 heterocycles. The molecule has 5 heteroatoms. The van der Waals surface area contributed by atoms with E-state index in [1.165, 1.54) is 0 Å². The molecule has 0 spiro atoms. The lowest BCUT2D eigenvalue weighted by atomic mass is 10.1. The smallest absolute Gasteiger partial charge is 0.306 e. The number of aliphatic hydroxyl groups excluding tert-OH is 1. The first-order valence-electron chi connectivity index (χ1n) is 18.8. The topological polar surface area (TPSA) is 72.8 Å². The molecular formula is C43H68O5. The summed E-state index contributed by atoms with van der Waals surface area (Å²) in [5, 5.41) is 9.54. The van der Waals surface area contributed by atoms with Crippen molar-refractivity contribution in [3.63, 3.8) is 0 Å². The van der Waals surface area contributed by atoms with Gasteiger partial charge < -0.3 is 14.6 Å². The fraction of sp³-hybridized carbons (Fsp3) is 0.581. The van der Waals surface area contributed by atoms with Crippen LogP contribution in [0.4, 0.5) is 0 Å². The normalized spacial score (nSPS) is 13.3. The Morgan fingerprint density at radius 1 is 0.479 bits per heavy atom. The van der Waals surface area contributed by atoms with Gasteiger partial charge in [0.1, 0.15) is 6.61 Å². The first-order chi connectivity index (χ1) is 23.6. The maximum absolute atomic E-state index is 12.1. The molecule has 1 atom stereocenters. The highest BCUT2D eigenvalue weighted by molar-refractivity contribution is 5.70. The highest BCUT2D eigenvalue weighted by atomic mass is 16.6. The summed E-state index contributed by atoms with van der Waals surface area (Å²) in [6, 6.07) is 0. The summed E-state index contributed by atoms with van der Waals surface area (Å²) in [7, 11) is 0. The van der Waals surface area contributed by atoms with Crippen LogP contribution >= 0.6 is 0 Å². The van der Waals surface area contributed by atoms with Gasteiger partial charge in [-0.3, -0.25) is 9.59 Å². The van der Waals surface area contributed by atoms with Gasteiger partial charge in [0.05, 0.1) is 6.61 Å². The molecule has 0 aliphatic rings. The summed E-state index contributed by atoms with van der Waals surface area (Å²) in [6.45, 7) is 3.84. The van der Waals surface area contributed by atoms with Gasteiger partial charge in [-0.15, -0.1) is 0 Å². The Morgan fingerprint density at radius 3 is 1.27 bits per heavy atom. The van der Waals surface area contributed by atoms with Crippen LogP contribution in [0, 0.1) is 0 Å². The zero-order chi connectivity index (χ0) is 35.0. The molecule has 0 amide bonds. The predicted molar refractivity (Wildman–Crippen MR) is 205 cm³/mol. The second-order valence-corrected chi connectivity index (χ2v) is 11.9. The van der Waals surface area contributed by atoms with Crippen molar-refractivity contribution in [2.75, 3.05) is 13.2 Å². The number of carbonyl (C=O) groups is 2. The molecule has 0 aliphatic carbocycles. The maximum Gasteiger partial charge on any atom is 0.306 e. The van der Waals surface area contributed by atoms with Gasteiger partial charge in [-0.05, 0) is 89.9 Å². The van der Waals surface area contributed by atoms with Crippen LogP contribution in [0.1, 0.15) is 142 Å².